The predicted molar refractivity (Wildman–Crippen MR) is 72.4 cm³/mol. The van der Waals surface area contributed by atoms with E-state index in [0.717, 1.165) is 25.9 Å². The zero-order chi connectivity index (χ0) is 12.4. The van der Waals surface area contributed by atoms with Gasteiger partial charge in [0.25, 0.3) is 0 Å². The van der Waals surface area contributed by atoms with Gasteiger partial charge in [-0.1, -0.05) is 31.9 Å². The van der Waals surface area contributed by atoms with Crippen LogP contribution in [0.5, 0.6) is 0 Å². The van der Waals surface area contributed by atoms with Crippen LogP contribution in [0, 0.1) is 11.7 Å². The zero-order valence-electron chi connectivity index (χ0n) is 9.22. The Kier molecular flexibility index (Phi) is 4.58. The van der Waals surface area contributed by atoms with E-state index in [1.807, 2.05) is 0 Å². The molecule has 2 rings (SSSR count). The van der Waals surface area contributed by atoms with Crippen LogP contribution in [0.25, 0.3) is 0 Å². The molecule has 1 unspecified atom stereocenters. The van der Waals surface area contributed by atoms with E-state index in [0.29, 0.717) is 14.5 Å². The first-order chi connectivity index (χ1) is 8.09. The van der Waals surface area contributed by atoms with E-state index in [1.165, 1.54) is 6.07 Å². The molecule has 1 aromatic carbocycles. The van der Waals surface area contributed by atoms with Gasteiger partial charge in [0.05, 0.1) is 6.10 Å². The number of benzene rings is 1. The first kappa shape index (κ1) is 13.5. The number of aliphatic hydroxyl groups is 1. The van der Waals surface area contributed by atoms with Gasteiger partial charge in [0.2, 0.25) is 0 Å². The third-order valence-electron chi connectivity index (χ3n) is 3.17. The molecule has 1 aromatic rings. The Morgan fingerprint density at radius 2 is 1.94 bits per heavy atom. The summed E-state index contributed by atoms with van der Waals surface area (Å²) in [4.78, 5) is 0. The molecule has 0 aliphatic carbocycles. The van der Waals surface area contributed by atoms with Gasteiger partial charge in [-0.3, -0.25) is 0 Å². The molecule has 1 atom stereocenters. The molecule has 0 bridgehead atoms. The van der Waals surface area contributed by atoms with Crippen molar-refractivity contribution < 1.29 is 9.50 Å². The molecule has 1 heterocycles. The van der Waals surface area contributed by atoms with Crippen molar-refractivity contribution >= 4 is 31.9 Å². The Morgan fingerprint density at radius 1 is 1.29 bits per heavy atom. The zero-order valence-corrected chi connectivity index (χ0v) is 12.4. The third-order valence-corrected chi connectivity index (χ3v) is 4.28. The van der Waals surface area contributed by atoms with Crippen LogP contribution in [0.4, 0.5) is 4.39 Å². The average molecular weight is 367 g/mol. The van der Waals surface area contributed by atoms with E-state index in [-0.39, 0.29) is 11.7 Å². The van der Waals surface area contributed by atoms with Gasteiger partial charge in [0, 0.05) is 14.5 Å². The maximum Gasteiger partial charge on any atom is 0.131 e. The molecular formula is C12H14Br2FNO. The summed E-state index contributed by atoms with van der Waals surface area (Å²) in [5.41, 5.74) is 0.375. The largest absolute Gasteiger partial charge is 0.388 e. The van der Waals surface area contributed by atoms with Crippen molar-refractivity contribution in [2.24, 2.45) is 5.92 Å². The van der Waals surface area contributed by atoms with Crippen molar-refractivity contribution in [2.45, 2.75) is 18.9 Å². The molecule has 2 nitrogen and oxygen atoms in total. The SMILES string of the molecule is OC(c1c(F)cc(Br)cc1Br)C1CCNCC1. The Labute approximate surface area is 117 Å². The van der Waals surface area contributed by atoms with Gasteiger partial charge < -0.3 is 10.4 Å². The lowest BCUT2D eigenvalue weighted by atomic mass is 9.88. The van der Waals surface area contributed by atoms with Crippen molar-refractivity contribution in [2.75, 3.05) is 13.1 Å². The monoisotopic (exact) mass is 365 g/mol. The van der Waals surface area contributed by atoms with Crippen molar-refractivity contribution in [3.05, 3.63) is 32.5 Å². The van der Waals surface area contributed by atoms with Gasteiger partial charge in [-0.2, -0.15) is 0 Å². The van der Waals surface area contributed by atoms with Crippen LogP contribution in [0.15, 0.2) is 21.1 Å². The predicted octanol–water partition coefficient (Wildman–Crippen LogP) is 3.38. The molecule has 0 aromatic heterocycles. The second kappa shape index (κ2) is 5.78. The molecule has 1 fully saturated rings. The molecule has 1 aliphatic rings. The number of rotatable bonds is 2. The fraction of sp³-hybridized carbons (Fsp3) is 0.500. The summed E-state index contributed by atoms with van der Waals surface area (Å²) >= 11 is 6.55. The second-order valence-electron chi connectivity index (χ2n) is 4.32. The summed E-state index contributed by atoms with van der Waals surface area (Å²) in [6, 6.07) is 3.16. The Morgan fingerprint density at radius 3 is 2.53 bits per heavy atom. The van der Waals surface area contributed by atoms with Crippen LogP contribution in [0.2, 0.25) is 0 Å². The van der Waals surface area contributed by atoms with E-state index in [2.05, 4.69) is 37.2 Å². The smallest absolute Gasteiger partial charge is 0.131 e. The summed E-state index contributed by atoms with van der Waals surface area (Å²) in [5, 5.41) is 13.5. The molecule has 1 saturated heterocycles. The molecule has 0 spiro atoms. The highest BCUT2D eigenvalue weighted by molar-refractivity contribution is 9.11. The number of aliphatic hydroxyl groups excluding tert-OH is 1. The normalized spacial score (nSPS) is 19.3. The van der Waals surface area contributed by atoms with Crippen molar-refractivity contribution in [1.82, 2.24) is 5.32 Å². The van der Waals surface area contributed by atoms with Gasteiger partial charge in [0.1, 0.15) is 5.82 Å². The van der Waals surface area contributed by atoms with Crippen molar-refractivity contribution in [3.63, 3.8) is 0 Å². The fourth-order valence-corrected chi connectivity index (χ4v) is 3.64. The van der Waals surface area contributed by atoms with Gasteiger partial charge in [0.15, 0.2) is 0 Å². The van der Waals surface area contributed by atoms with Crippen LogP contribution in [-0.2, 0) is 0 Å². The molecule has 0 radical (unpaired) electrons. The highest BCUT2D eigenvalue weighted by Crippen LogP contribution is 2.36. The summed E-state index contributed by atoms with van der Waals surface area (Å²) in [5.74, 6) is -0.236. The molecule has 94 valence electrons. The summed E-state index contributed by atoms with van der Waals surface area (Å²) in [6.45, 7) is 1.77. The van der Waals surface area contributed by atoms with E-state index >= 15 is 0 Å². The molecule has 17 heavy (non-hydrogen) atoms. The maximum atomic E-state index is 13.9. The summed E-state index contributed by atoms with van der Waals surface area (Å²) in [6.07, 6.45) is 1.02. The number of nitrogens with one attached hydrogen (secondary N) is 1. The van der Waals surface area contributed by atoms with E-state index in [9.17, 15) is 9.50 Å². The Hall–Kier alpha value is 0.0300. The molecule has 0 amide bonds. The van der Waals surface area contributed by atoms with Crippen LogP contribution in [0.1, 0.15) is 24.5 Å². The van der Waals surface area contributed by atoms with Gasteiger partial charge in [-0.25, -0.2) is 4.39 Å². The summed E-state index contributed by atoms with van der Waals surface area (Å²) < 4.78 is 15.2. The number of halogens is 3. The molecular weight excluding hydrogens is 353 g/mol. The van der Waals surface area contributed by atoms with Gasteiger partial charge >= 0.3 is 0 Å². The minimum absolute atomic E-state index is 0.128. The second-order valence-corrected chi connectivity index (χ2v) is 6.09. The lowest BCUT2D eigenvalue weighted by Gasteiger charge is -2.28. The first-order valence-corrected chi connectivity index (χ1v) is 7.21. The molecule has 5 heteroatoms. The Balaban J connectivity index is 2.26. The van der Waals surface area contributed by atoms with E-state index < -0.39 is 6.10 Å². The topological polar surface area (TPSA) is 32.3 Å². The quantitative estimate of drug-likeness (QED) is 0.840. The van der Waals surface area contributed by atoms with Crippen LogP contribution in [-0.4, -0.2) is 18.2 Å². The van der Waals surface area contributed by atoms with Crippen LogP contribution < -0.4 is 5.32 Å². The van der Waals surface area contributed by atoms with Gasteiger partial charge in [-0.05, 0) is 44.0 Å². The van der Waals surface area contributed by atoms with Crippen molar-refractivity contribution in [1.29, 1.82) is 0 Å². The average Bonchev–Trinajstić information content (AvgIpc) is 2.28. The van der Waals surface area contributed by atoms with Gasteiger partial charge in [-0.15, -0.1) is 0 Å². The van der Waals surface area contributed by atoms with Crippen LogP contribution in [0.3, 0.4) is 0 Å². The minimum Gasteiger partial charge on any atom is -0.388 e. The number of hydrogen-bond donors (Lipinski definition) is 2. The highest BCUT2D eigenvalue weighted by Gasteiger charge is 2.27. The Bertz CT molecular complexity index is 384. The molecule has 0 saturated carbocycles. The fourth-order valence-electron chi connectivity index (χ4n) is 2.23. The standard InChI is InChI=1S/C12H14Br2FNO/c13-8-5-9(14)11(10(15)6-8)12(17)7-1-3-16-4-2-7/h5-7,12,16-17H,1-4H2. The minimum atomic E-state index is -0.737. The number of hydrogen-bond acceptors (Lipinski definition) is 2. The first-order valence-electron chi connectivity index (χ1n) is 5.63. The van der Waals surface area contributed by atoms with Crippen molar-refractivity contribution in [3.8, 4) is 0 Å². The lowest BCUT2D eigenvalue weighted by Crippen LogP contribution is -2.31. The summed E-state index contributed by atoms with van der Waals surface area (Å²) in [7, 11) is 0. The lowest BCUT2D eigenvalue weighted by molar-refractivity contribution is 0.0849. The maximum absolute atomic E-state index is 13.9. The highest BCUT2D eigenvalue weighted by atomic mass is 79.9. The molecule has 2 N–H and O–H groups in total. The van der Waals surface area contributed by atoms with E-state index in [1.54, 1.807) is 6.07 Å². The number of piperidine rings is 1. The molecule has 1 aliphatic heterocycles. The van der Waals surface area contributed by atoms with Crippen LogP contribution >= 0.6 is 31.9 Å². The third kappa shape index (κ3) is 3.08. The van der Waals surface area contributed by atoms with E-state index in [4.69, 9.17) is 0 Å².